The summed E-state index contributed by atoms with van der Waals surface area (Å²) in [4.78, 5) is 47.2. The molecule has 0 bridgehead atoms. The van der Waals surface area contributed by atoms with Crippen molar-refractivity contribution in [3.63, 3.8) is 0 Å². The first kappa shape index (κ1) is 24.1. The Balaban J connectivity index is 2.55. The van der Waals surface area contributed by atoms with Crippen LogP contribution in [0.3, 0.4) is 0 Å². The summed E-state index contributed by atoms with van der Waals surface area (Å²) in [5.41, 5.74) is 11.3. The van der Waals surface area contributed by atoms with Gasteiger partial charge in [0.15, 0.2) is 0 Å². The highest BCUT2D eigenvalue weighted by atomic mass is 16.5. The van der Waals surface area contributed by atoms with Gasteiger partial charge in [0.1, 0.15) is 12.1 Å². The fourth-order valence-electron chi connectivity index (χ4n) is 2.59. The molecule has 0 aliphatic rings. The Morgan fingerprint density at radius 3 is 2.21 bits per heavy atom. The van der Waals surface area contributed by atoms with Crippen LogP contribution in [0.5, 0.6) is 0 Å². The second-order valence-electron chi connectivity index (χ2n) is 7.17. The summed E-state index contributed by atoms with van der Waals surface area (Å²) in [6.45, 7) is 4.37. The van der Waals surface area contributed by atoms with E-state index in [-0.39, 0.29) is 24.9 Å². The molecule has 1 aromatic rings. The summed E-state index contributed by atoms with van der Waals surface area (Å²) in [7, 11) is 0. The van der Waals surface area contributed by atoms with Crippen molar-refractivity contribution in [2.24, 2.45) is 17.4 Å². The summed E-state index contributed by atoms with van der Waals surface area (Å²) in [6.07, 6.45) is 0.0243. The van der Waals surface area contributed by atoms with Crippen LogP contribution >= 0.6 is 0 Å². The summed E-state index contributed by atoms with van der Waals surface area (Å²) in [5.74, 6) is -2.49. The van der Waals surface area contributed by atoms with Crippen LogP contribution in [0.4, 0.5) is 0 Å². The lowest BCUT2D eigenvalue weighted by Crippen LogP contribution is -2.54. The summed E-state index contributed by atoms with van der Waals surface area (Å²) in [6, 6.07) is 7.46. The molecule has 0 saturated carbocycles. The molecule has 160 valence electrons. The number of nitrogens with two attached hydrogens (primary N) is 2. The fraction of sp³-hybridized carbons (Fsp3) is 0.500. The van der Waals surface area contributed by atoms with Crippen molar-refractivity contribution < 1.29 is 23.9 Å². The van der Waals surface area contributed by atoms with Gasteiger partial charge in [0.05, 0.1) is 19.6 Å². The number of primary amides is 2. The molecule has 6 N–H and O–H groups in total. The van der Waals surface area contributed by atoms with E-state index in [9.17, 15) is 19.2 Å². The maximum Gasteiger partial charge on any atom is 0.243 e. The van der Waals surface area contributed by atoms with Crippen LogP contribution in [0.15, 0.2) is 30.3 Å². The Kier molecular flexibility index (Phi) is 10.4. The lowest BCUT2D eigenvalue weighted by molar-refractivity contribution is -0.133. The first-order valence-electron chi connectivity index (χ1n) is 9.48. The van der Waals surface area contributed by atoms with Gasteiger partial charge in [-0.2, -0.15) is 0 Å². The van der Waals surface area contributed by atoms with E-state index in [1.165, 1.54) is 0 Å². The third kappa shape index (κ3) is 10.2. The average Bonchev–Trinajstić information content (AvgIpc) is 2.64. The Morgan fingerprint density at radius 1 is 1.00 bits per heavy atom. The van der Waals surface area contributed by atoms with Crippen molar-refractivity contribution in [3.05, 3.63) is 35.9 Å². The second-order valence-corrected chi connectivity index (χ2v) is 7.17. The molecule has 1 rings (SSSR count). The van der Waals surface area contributed by atoms with Gasteiger partial charge in [0.25, 0.3) is 0 Å². The van der Waals surface area contributed by atoms with Gasteiger partial charge in [0.2, 0.25) is 23.6 Å². The molecule has 4 amide bonds. The van der Waals surface area contributed by atoms with Gasteiger partial charge < -0.3 is 26.8 Å². The molecule has 29 heavy (non-hydrogen) atoms. The quantitative estimate of drug-likeness (QED) is 0.339. The van der Waals surface area contributed by atoms with Crippen molar-refractivity contribution in [1.29, 1.82) is 0 Å². The molecular formula is C20H30N4O5. The molecule has 0 heterocycles. The standard InChI is InChI=1S/C20H30N4O5/c1-13(2)10-16(20(28)24-15(19(22)27)11-17(21)25)23-18(26)8-9-29-12-14-6-4-3-5-7-14/h3-7,13,15-16H,8-12H2,1-2H3,(H2,21,25)(H2,22,27)(H,23,26)(H,24,28)/t15-,16-/m0/s1. The molecular weight excluding hydrogens is 376 g/mol. The molecule has 0 fully saturated rings. The average molecular weight is 406 g/mol. The number of carbonyl (C=O) groups excluding carboxylic acids is 4. The second kappa shape index (κ2) is 12.5. The van der Waals surface area contributed by atoms with Crippen LogP contribution in [0, 0.1) is 5.92 Å². The van der Waals surface area contributed by atoms with E-state index in [0.717, 1.165) is 5.56 Å². The van der Waals surface area contributed by atoms with Gasteiger partial charge in [-0.25, -0.2) is 0 Å². The molecule has 9 heteroatoms. The Labute approximate surface area is 170 Å². The normalized spacial score (nSPS) is 12.8. The minimum atomic E-state index is -1.22. The summed E-state index contributed by atoms with van der Waals surface area (Å²) >= 11 is 0. The molecule has 0 saturated heterocycles. The van der Waals surface area contributed by atoms with Crippen molar-refractivity contribution in [2.75, 3.05) is 6.61 Å². The highest BCUT2D eigenvalue weighted by Crippen LogP contribution is 2.07. The van der Waals surface area contributed by atoms with Crippen molar-refractivity contribution >= 4 is 23.6 Å². The maximum atomic E-state index is 12.5. The molecule has 0 spiro atoms. The number of carbonyl (C=O) groups is 4. The van der Waals surface area contributed by atoms with E-state index in [4.69, 9.17) is 16.2 Å². The molecule has 2 atom stereocenters. The Morgan fingerprint density at radius 2 is 1.66 bits per heavy atom. The lowest BCUT2D eigenvalue weighted by Gasteiger charge is -2.22. The highest BCUT2D eigenvalue weighted by molar-refractivity contribution is 5.93. The monoisotopic (exact) mass is 406 g/mol. The predicted octanol–water partition coefficient (Wildman–Crippen LogP) is -0.0303. The van der Waals surface area contributed by atoms with Crippen LogP contribution in [0.1, 0.15) is 38.7 Å². The molecule has 1 aromatic carbocycles. The SMILES string of the molecule is CC(C)C[C@H](NC(=O)CCOCc1ccccc1)C(=O)N[C@@H](CC(N)=O)C(N)=O. The maximum absolute atomic E-state index is 12.5. The largest absolute Gasteiger partial charge is 0.376 e. The van der Waals surface area contributed by atoms with E-state index in [2.05, 4.69) is 10.6 Å². The van der Waals surface area contributed by atoms with Gasteiger partial charge in [-0.05, 0) is 17.9 Å². The zero-order valence-electron chi connectivity index (χ0n) is 16.9. The van der Waals surface area contributed by atoms with Crippen LogP contribution in [-0.2, 0) is 30.5 Å². The van der Waals surface area contributed by atoms with Gasteiger partial charge in [-0.3, -0.25) is 19.2 Å². The van der Waals surface area contributed by atoms with Crippen LogP contribution in [0.25, 0.3) is 0 Å². The molecule has 0 aliphatic heterocycles. The first-order chi connectivity index (χ1) is 13.7. The number of ether oxygens (including phenoxy) is 1. The third-order valence-corrected chi connectivity index (χ3v) is 4.01. The highest BCUT2D eigenvalue weighted by Gasteiger charge is 2.27. The number of hydrogen-bond acceptors (Lipinski definition) is 5. The Hall–Kier alpha value is -2.94. The van der Waals surface area contributed by atoms with Gasteiger partial charge >= 0.3 is 0 Å². The zero-order valence-corrected chi connectivity index (χ0v) is 16.9. The van der Waals surface area contributed by atoms with Crippen molar-refractivity contribution in [2.45, 2.75) is 51.8 Å². The zero-order chi connectivity index (χ0) is 21.8. The van der Waals surface area contributed by atoms with E-state index < -0.39 is 36.2 Å². The lowest BCUT2D eigenvalue weighted by atomic mass is 10.0. The van der Waals surface area contributed by atoms with Gasteiger partial charge in [-0.15, -0.1) is 0 Å². The van der Waals surface area contributed by atoms with Crippen LogP contribution in [0.2, 0.25) is 0 Å². The predicted molar refractivity (Wildman–Crippen MR) is 107 cm³/mol. The summed E-state index contributed by atoms with van der Waals surface area (Å²) < 4.78 is 5.48. The third-order valence-electron chi connectivity index (χ3n) is 4.01. The number of benzene rings is 1. The van der Waals surface area contributed by atoms with Gasteiger partial charge in [-0.1, -0.05) is 44.2 Å². The minimum absolute atomic E-state index is 0.0786. The molecule has 0 unspecified atom stereocenters. The Bertz CT molecular complexity index is 693. The van der Waals surface area contributed by atoms with Crippen LogP contribution < -0.4 is 22.1 Å². The molecule has 9 nitrogen and oxygen atoms in total. The number of amides is 4. The van der Waals surface area contributed by atoms with E-state index in [0.29, 0.717) is 13.0 Å². The van der Waals surface area contributed by atoms with Crippen molar-refractivity contribution in [1.82, 2.24) is 10.6 Å². The topological polar surface area (TPSA) is 154 Å². The molecule has 0 radical (unpaired) electrons. The van der Waals surface area contributed by atoms with Gasteiger partial charge in [0, 0.05) is 6.42 Å². The van der Waals surface area contributed by atoms with Crippen LogP contribution in [-0.4, -0.2) is 42.3 Å². The first-order valence-corrected chi connectivity index (χ1v) is 9.48. The molecule has 0 aliphatic carbocycles. The van der Waals surface area contributed by atoms with E-state index in [1.807, 2.05) is 44.2 Å². The fourth-order valence-corrected chi connectivity index (χ4v) is 2.59. The van der Waals surface area contributed by atoms with E-state index >= 15 is 0 Å². The van der Waals surface area contributed by atoms with E-state index in [1.54, 1.807) is 0 Å². The van der Waals surface area contributed by atoms with Crippen molar-refractivity contribution in [3.8, 4) is 0 Å². The number of rotatable bonds is 13. The molecule has 0 aromatic heterocycles. The summed E-state index contributed by atoms with van der Waals surface area (Å²) in [5, 5.41) is 5.03. The number of nitrogens with one attached hydrogen (secondary N) is 2. The number of hydrogen-bond donors (Lipinski definition) is 4. The minimum Gasteiger partial charge on any atom is -0.376 e. The smallest absolute Gasteiger partial charge is 0.243 e.